The molecule has 3 rings (SSSR count). The highest BCUT2D eigenvalue weighted by atomic mass is 32.2. The van der Waals surface area contributed by atoms with E-state index in [1.54, 1.807) is 4.31 Å². The second kappa shape index (κ2) is 6.59. The molecule has 1 saturated heterocycles. The number of aromatic nitrogens is 2. The maximum absolute atomic E-state index is 12.4. The second-order valence-electron chi connectivity index (χ2n) is 6.02. The van der Waals surface area contributed by atoms with Crippen LogP contribution in [0.1, 0.15) is 24.6 Å². The van der Waals surface area contributed by atoms with Crippen molar-refractivity contribution in [3.8, 4) is 0 Å². The minimum atomic E-state index is -3.26. The van der Waals surface area contributed by atoms with Gasteiger partial charge in [0.05, 0.1) is 23.4 Å². The van der Waals surface area contributed by atoms with Crippen molar-refractivity contribution in [2.24, 2.45) is 7.05 Å². The summed E-state index contributed by atoms with van der Waals surface area (Å²) < 4.78 is 33.4. The third-order valence-corrected chi connectivity index (χ3v) is 6.31. The first-order chi connectivity index (χ1) is 11.0. The number of ether oxygens (including phenoxy) is 1. The van der Waals surface area contributed by atoms with E-state index in [0.717, 1.165) is 29.7 Å². The van der Waals surface area contributed by atoms with E-state index in [0.29, 0.717) is 13.1 Å². The van der Waals surface area contributed by atoms with Crippen LogP contribution in [0.5, 0.6) is 0 Å². The molecular weight excluding hydrogens is 314 g/mol. The Morgan fingerprint density at radius 2 is 2.13 bits per heavy atom. The van der Waals surface area contributed by atoms with Crippen LogP contribution in [0.4, 0.5) is 0 Å². The number of aryl methyl sites for hydroxylation is 1. The molecule has 0 saturated carbocycles. The molecule has 2 heterocycles. The molecule has 2 aromatic rings. The molecule has 7 heteroatoms. The summed E-state index contributed by atoms with van der Waals surface area (Å²) in [6.07, 6.45) is 1.83. The summed E-state index contributed by atoms with van der Waals surface area (Å²) in [4.78, 5) is 4.73. The predicted molar refractivity (Wildman–Crippen MR) is 89.9 cm³/mol. The maximum Gasteiger partial charge on any atom is 0.216 e. The van der Waals surface area contributed by atoms with Gasteiger partial charge in [-0.3, -0.25) is 0 Å². The molecule has 1 aromatic heterocycles. The van der Waals surface area contributed by atoms with Gasteiger partial charge in [0.25, 0.3) is 0 Å². The molecule has 1 atom stereocenters. The molecule has 1 fully saturated rings. The molecule has 0 spiro atoms. The lowest BCUT2D eigenvalue weighted by molar-refractivity contribution is 0.214. The van der Waals surface area contributed by atoms with Gasteiger partial charge in [-0.15, -0.1) is 0 Å². The Morgan fingerprint density at radius 1 is 1.35 bits per heavy atom. The van der Waals surface area contributed by atoms with E-state index in [-0.39, 0.29) is 18.3 Å². The third-order valence-electron chi connectivity index (χ3n) is 4.51. The van der Waals surface area contributed by atoms with E-state index in [9.17, 15) is 8.42 Å². The fourth-order valence-corrected chi connectivity index (χ4v) is 4.70. The van der Waals surface area contributed by atoms with Gasteiger partial charge in [-0.05, 0) is 25.0 Å². The normalized spacial score (nSPS) is 20.2. The first-order valence-corrected chi connectivity index (χ1v) is 9.52. The Labute approximate surface area is 137 Å². The molecule has 1 aliphatic rings. The smallest absolute Gasteiger partial charge is 0.216 e. The number of hydrogen-bond donors (Lipinski definition) is 0. The quantitative estimate of drug-likeness (QED) is 0.833. The molecule has 0 aliphatic carbocycles. The third kappa shape index (κ3) is 3.27. The summed E-state index contributed by atoms with van der Waals surface area (Å²) >= 11 is 0. The topological polar surface area (TPSA) is 64.4 Å². The van der Waals surface area contributed by atoms with Crippen LogP contribution in [0.15, 0.2) is 24.3 Å². The van der Waals surface area contributed by atoms with Crippen molar-refractivity contribution in [1.82, 2.24) is 13.9 Å². The molecular formula is C16H23N3O3S. The van der Waals surface area contributed by atoms with Gasteiger partial charge in [-0.2, -0.15) is 0 Å². The number of piperidine rings is 1. The second-order valence-corrected chi connectivity index (χ2v) is 8.11. The Bertz CT molecular complexity index is 785. The number of para-hydroxylation sites is 2. The van der Waals surface area contributed by atoms with Gasteiger partial charge in [-0.1, -0.05) is 12.1 Å². The van der Waals surface area contributed by atoms with Gasteiger partial charge in [-0.25, -0.2) is 17.7 Å². The monoisotopic (exact) mass is 337 g/mol. The summed E-state index contributed by atoms with van der Waals surface area (Å²) in [6, 6.07) is 8.01. The van der Waals surface area contributed by atoms with Crippen molar-refractivity contribution in [3.63, 3.8) is 0 Å². The van der Waals surface area contributed by atoms with Crippen LogP contribution in [-0.2, 0) is 21.8 Å². The standard InChI is InChI=1S/C16H23N3O3S/c1-18-15-8-4-3-7-14(15)17-16(18)13-6-5-9-19(12-13)23(20,21)11-10-22-2/h3-4,7-8,13H,5-6,9-12H2,1-2H3. The summed E-state index contributed by atoms with van der Waals surface area (Å²) in [7, 11) is 0.267. The molecule has 0 bridgehead atoms. The average molecular weight is 337 g/mol. The highest BCUT2D eigenvalue weighted by molar-refractivity contribution is 7.89. The number of benzene rings is 1. The minimum Gasteiger partial charge on any atom is -0.384 e. The lowest BCUT2D eigenvalue weighted by Crippen LogP contribution is -2.41. The van der Waals surface area contributed by atoms with E-state index in [2.05, 4.69) is 4.57 Å². The van der Waals surface area contributed by atoms with E-state index >= 15 is 0 Å². The van der Waals surface area contributed by atoms with Gasteiger partial charge < -0.3 is 9.30 Å². The van der Waals surface area contributed by atoms with Crippen LogP contribution in [0.2, 0.25) is 0 Å². The predicted octanol–water partition coefficient (Wildman–Crippen LogP) is 1.73. The number of methoxy groups -OCH3 is 1. The zero-order valence-corrected chi connectivity index (χ0v) is 14.4. The molecule has 126 valence electrons. The van der Waals surface area contributed by atoms with Crippen LogP contribution >= 0.6 is 0 Å². The van der Waals surface area contributed by atoms with E-state index < -0.39 is 10.0 Å². The van der Waals surface area contributed by atoms with Crippen molar-refractivity contribution in [2.75, 3.05) is 32.6 Å². The molecule has 0 N–H and O–H groups in total. The van der Waals surface area contributed by atoms with E-state index in [4.69, 9.17) is 9.72 Å². The lowest BCUT2D eigenvalue weighted by atomic mass is 9.99. The first kappa shape index (κ1) is 16.4. The fraction of sp³-hybridized carbons (Fsp3) is 0.562. The number of imidazole rings is 1. The van der Waals surface area contributed by atoms with Gasteiger partial charge >= 0.3 is 0 Å². The Kier molecular flexibility index (Phi) is 4.70. The van der Waals surface area contributed by atoms with Crippen LogP contribution in [0, 0.1) is 0 Å². The molecule has 23 heavy (non-hydrogen) atoms. The van der Waals surface area contributed by atoms with Gasteiger partial charge in [0.2, 0.25) is 10.0 Å². The minimum absolute atomic E-state index is 0.0404. The van der Waals surface area contributed by atoms with Crippen LogP contribution in [0.3, 0.4) is 0 Å². The summed E-state index contributed by atoms with van der Waals surface area (Å²) in [5, 5.41) is 0. The highest BCUT2D eigenvalue weighted by Crippen LogP contribution is 2.29. The van der Waals surface area contributed by atoms with E-state index in [1.807, 2.05) is 31.3 Å². The van der Waals surface area contributed by atoms with Crippen LogP contribution < -0.4 is 0 Å². The first-order valence-electron chi connectivity index (χ1n) is 7.91. The molecule has 1 unspecified atom stereocenters. The largest absolute Gasteiger partial charge is 0.384 e. The summed E-state index contributed by atoms with van der Waals surface area (Å²) in [5.41, 5.74) is 2.05. The molecule has 0 amide bonds. The Morgan fingerprint density at radius 3 is 2.87 bits per heavy atom. The van der Waals surface area contributed by atoms with Gasteiger partial charge in [0.1, 0.15) is 5.82 Å². The zero-order valence-electron chi connectivity index (χ0n) is 13.6. The maximum atomic E-state index is 12.4. The van der Waals surface area contributed by atoms with Crippen LogP contribution in [-0.4, -0.2) is 54.8 Å². The number of rotatable bonds is 5. The fourth-order valence-electron chi connectivity index (χ4n) is 3.25. The number of nitrogens with zero attached hydrogens (tertiary/aromatic N) is 3. The SMILES string of the molecule is COCCS(=O)(=O)N1CCCC(c2nc3ccccc3n2C)C1. The summed E-state index contributed by atoms with van der Waals surface area (Å²) in [6.45, 7) is 1.32. The van der Waals surface area contributed by atoms with Crippen molar-refractivity contribution < 1.29 is 13.2 Å². The molecule has 0 radical (unpaired) electrons. The van der Waals surface area contributed by atoms with E-state index in [1.165, 1.54) is 7.11 Å². The number of fused-ring (bicyclic) bond motifs is 1. The Hall–Kier alpha value is -1.44. The van der Waals surface area contributed by atoms with Gasteiger partial charge in [0.15, 0.2) is 0 Å². The lowest BCUT2D eigenvalue weighted by Gasteiger charge is -2.31. The number of sulfonamides is 1. The molecule has 1 aromatic carbocycles. The van der Waals surface area contributed by atoms with Crippen molar-refractivity contribution >= 4 is 21.1 Å². The molecule has 1 aliphatic heterocycles. The summed E-state index contributed by atoms with van der Waals surface area (Å²) in [5.74, 6) is 1.15. The number of hydrogen-bond acceptors (Lipinski definition) is 4. The van der Waals surface area contributed by atoms with Crippen molar-refractivity contribution in [1.29, 1.82) is 0 Å². The highest BCUT2D eigenvalue weighted by Gasteiger charge is 2.31. The van der Waals surface area contributed by atoms with Crippen molar-refractivity contribution in [2.45, 2.75) is 18.8 Å². The van der Waals surface area contributed by atoms with Gasteiger partial charge in [0, 0.05) is 33.2 Å². The van der Waals surface area contributed by atoms with Crippen LogP contribution in [0.25, 0.3) is 11.0 Å². The zero-order chi connectivity index (χ0) is 16.4. The average Bonchev–Trinajstić information content (AvgIpc) is 2.91. The Balaban J connectivity index is 1.84. The van der Waals surface area contributed by atoms with Crippen molar-refractivity contribution in [3.05, 3.63) is 30.1 Å². The molecule has 6 nitrogen and oxygen atoms in total.